The summed E-state index contributed by atoms with van der Waals surface area (Å²) < 4.78 is 63.1. The van der Waals surface area contributed by atoms with Crippen LogP contribution in [0.15, 0.2) is 50.4 Å². The van der Waals surface area contributed by atoms with E-state index in [0.717, 1.165) is 18.2 Å². The maximum Gasteiger partial charge on any atom is 0.296 e. The van der Waals surface area contributed by atoms with Crippen LogP contribution in [0.2, 0.25) is 0 Å². The molecule has 2 aromatic rings. The van der Waals surface area contributed by atoms with Gasteiger partial charge in [-0.1, -0.05) is 0 Å². The summed E-state index contributed by atoms with van der Waals surface area (Å²) in [6.07, 6.45) is 0. The highest BCUT2D eigenvalue weighted by Gasteiger charge is 2.19. The fourth-order valence-electron chi connectivity index (χ4n) is 1.63. The van der Waals surface area contributed by atoms with Crippen LogP contribution in [0.4, 0.5) is 23.0 Å². The van der Waals surface area contributed by atoms with Crippen molar-refractivity contribution < 1.29 is 25.9 Å². The summed E-state index contributed by atoms with van der Waals surface area (Å²) in [5.41, 5.74) is 10.5. The van der Waals surface area contributed by atoms with Gasteiger partial charge < -0.3 is 11.5 Å². The van der Waals surface area contributed by atoms with Crippen molar-refractivity contribution in [2.24, 2.45) is 10.2 Å². The lowest BCUT2D eigenvalue weighted by molar-refractivity contribution is 0.478. The van der Waals surface area contributed by atoms with Gasteiger partial charge in [-0.2, -0.15) is 16.8 Å². The van der Waals surface area contributed by atoms with E-state index in [1.54, 1.807) is 0 Å². The Balaban J connectivity index is 2.60. The van der Waals surface area contributed by atoms with E-state index in [0.29, 0.717) is 0 Å². The van der Waals surface area contributed by atoms with Crippen LogP contribution in [0, 0.1) is 0 Å². The Kier molecular flexibility index (Phi) is 4.52. The average molecular weight is 373 g/mol. The minimum absolute atomic E-state index is 0.0303. The molecule has 0 unspecified atom stereocenters. The zero-order valence-electron chi connectivity index (χ0n) is 11.7. The van der Waals surface area contributed by atoms with Gasteiger partial charge in [-0.15, -0.1) is 10.2 Å². The molecule has 0 atom stereocenters. The summed E-state index contributed by atoms with van der Waals surface area (Å²) in [6.45, 7) is 0. The van der Waals surface area contributed by atoms with Crippen molar-refractivity contribution >= 4 is 43.2 Å². The van der Waals surface area contributed by atoms with Gasteiger partial charge >= 0.3 is 0 Å². The number of rotatable bonds is 4. The standard InChI is InChI=1S/C11H11N5O6S2/c12-10-4-2-7(11(13)14-10)15-16-8-5-6(23(17,18)19)1-3-9(8)24(20,21)22/h1-5H,(H4,12,13,14)(H,17,18,19)(H,20,21,22)/b16-15+. The molecule has 2 rings (SSSR count). The van der Waals surface area contributed by atoms with Gasteiger partial charge in [0.2, 0.25) is 0 Å². The predicted molar refractivity (Wildman–Crippen MR) is 83.3 cm³/mol. The summed E-state index contributed by atoms with van der Waals surface area (Å²) in [6, 6.07) is 4.99. The molecule has 0 saturated carbocycles. The monoisotopic (exact) mass is 373 g/mol. The van der Waals surface area contributed by atoms with Gasteiger partial charge in [-0.3, -0.25) is 9.11 Å². The fraction of sp³-hybridized carbons (Fsp3) is 0. The summed E-state index contributed by atoms with van der Waals surface area (Å²) in [4.78, 5) is 2.37. The molecular formula is C11H11N5O6S2. The van der Waals surface area contributed by atoms with Crippen LogP contribution < -0.4 is 11.5 Å². The van der Waals surface area contributed by atoms with E-state index in [4.69, 9.17) is 20.6 Å². The van der Waals surface area contributed by atoms with E-state index in [1.165, 1.54) is 12.1 Å². The first-order valence-electron chi connectivity index (χ1n) is 6.01. The Bertz CT molecular complexity index is 1030. The second kappa shape index (κ2) is 6.12. The Morgan fingerprint density at radius 2 is 1.50 bits per heavy atom. The van der Waals surface area contributed by atoms with E-state index in [9.17, 15) is 16.8 Å². The van der Waals surface area contributed by atoms with Crippen molar-refractivity contribution in [1.29, 1.82) is 0 Å². The molecule has 0 radical (unpaired) electrons. The largest absolute Gasteiger partial charge is 0.384 e. The third kappa shape index (κ3) is 4.02. The number of anilines is 2. The number of hydrogen-bond donors (Lipinski definition) is 4. The second-order valence-corrected chi connectivity index (χ2v) is 7.23. The van der Waals surface area contributed by atoms with Gasteiger partial charge in [0.1, 0.15) is 22.1 Å². The maximum absolute atomic E-state index is 11.3. The predicted octanol–water partition coefficient (Wildman–Crippen LogP) is 1.15. The average Bonchev–Trinajstić information content (AvgIpc) is 2.44. The molecule has 1 aromatic heterocycles. The molecular weight excluding hydrogens is 362 g/mol. The zero-order chi connectivity index (χ0) is 18.1. The SMILES string of the molecule is Nc1ccc(/N=N/c2cc(S(=O)(=O)O)ccc2S(=O)(=O)O)c(N)n1. The Morgan fingerprint density at radius 3 is 2.04 bits per heavy atom. The molecule has 0 amide bonds. The molecule has 128 valence electrons. The number of aromatic nitrogens is 1. The van der Waals surface area contributed by atoms with Crippen LogP contribution in [0.5, 0.6) is 0 Å². The lowest BCUT2D eigenvalue weighted by atomic mass is 10.3. The van der Waals surface area contributed by atoms with Crippen molar-refractivity contribution in [3.05, 3.63) is 30.3 Å². The fourth-order valence-corrected chi connectivity index (χ4v) is 2.73. The topological polar surface area (TPSA) is 198 Å². The van der Waals surface area contributed by atoms with Crippen molar-refractivity contribution in [1.82, 2.24) is 4.98 Å². The highest BCUT2D eigenvalue weighted by atomic mass is 32.2. The Hall–Kier alpha value is -2.61. The van der Waals surface area contributed by atoms with Gasteiger partial charge in [0.15, 0.2) is 5.82 Å². The highest BCUT2D eigenvalue weighted by Crippen LogP contribution is 2.30. The molecule has 0 aliphatic rings. The van der Waals surface area contributed by atoms with Crippen molar-refractivity contribution in [2.75, 3.05) is 11.5 Å². The van der Waals surface area contributed by atoms with Gasteiger partial charge in [0.05, 0.1) is 4.90 Å². The maximum atomic E-state index is 11.3. The lowest BCUT2D eigenvalue weighted by Crippen LogP contribution is -2.02. The van der Waals surface area contributed by atoms with E-state index < -0.39 is 35.7 Å². The second-order valence-electron chi connectivity index (χ2n) is 4.42. The number of nitrogens with two attached hydrogens (primary N) is 2. The molecule has 1 aromatic carbocycles. The number of nitrogen functional groups attached to an aromatic ring is 2. The number of nitrogens with zero attached hydrogens (tertiary/aromatic N) is 3. The van der Waals surface area contributed by atoms with Gasteiger partial charge in [0, 0.05) is 0 Å². The van der Waals surface area contributed by atoms with E-state index in [1.807, 2.05) is 0 Å². The zero-order valence-corrected chi connectivity index (χ0v) is 13.4. The first-order valence-corrected chi connectivity index (χ1v) is 8.89. The van der Waals surface area contributed by atoms with Crippen LogP contribution in [0.1, 0.15) is 0 Å². The molecule has 0 aliphatic carbocycles. The van der Waals surface area contributed by atoms with Crippen LogP contribution >= 0.6 is 0 Å². The Labute approximate surface area is 136 Å². The third-order valence-electron chi connectivity index (χ3n) is 2.70. The van der Waals surface area contributed by atoms with Crippen LogP contribution in [-0.2, 0) is 20.2 Å². The molecule has 0 fully saturated rings. The third-order valence-corrected chi connectivity index (χ3v) is 4.45. The minimum atomic E-state index is -4.71. The molecule has 24 heavy (non-hydrogen) atoms. The van der Waals surface area contributed by atoms with Gasteiger partial charge in [0.25, 0.3) is 20.2 Å². The lowest BCUT2D eigenvalue weighted by Gasteiger charge is -2.04. The number of benzene rings is 1. The molecule has 1 heterocycles. The summed E-state index contributed by atoms with van der Waals surface area (Å²) in [5, 5.41) is 7.20. The van der Waals surface area contributed by atoms with Gasteiger partial charge in [-0.25, -0.2) is 4.98 Å². The van der Waals surface area contributed by atoms with Crippen molar-refractivity contribution in [3.63, 3.8) is 0 Å². The summed E-state index contributed by atoms with van der Waals surface area (Å²) in [7, 11) is -9.33. The smallest absolute Gasteiger partial charge is 0.296 e. The Morgan fingerprint density at radius 1 is 0.875 bits per heavy atom. The van der Waals surface area contributed by atoms with Crippen LogP contribution in [0.25, 0.3) is 0 Å². The van der Waals surface area contributed by atoms with E-state index in [2.05, 4.69) is 15.2 Å². The first kappa shape index (κ1) is 17.7. The van der Waals surface area contributed by atoms with Gasteiger partial charge in [-0.05, 0) is 30.3 Å². The number of pyridine rings is 1. The quantitative estimate of drug-likeness (QED) is 0.448. The van der Waals surface area contributed by atoms with E-state index in [-0.39, 0.29) is 17.3 Å². The molecule has 6 N–H and O–H groups in total. The van der Waals surface area contributed by atoms with Crippen LogP contribution in [0.3, 0.4) is 0 Å². The molecule has 0 bridgehead atoms. The number of hydrogen-bond acceptors (Lipinski definition) is 9. The normalized spacial score (nSPS) is 12.6. The number of azo groups is 1. The molecule has 0 saturated heterocycles. The minimum Gasteiger partial charge on any atom is -0.384 e. The first-order chi connectivity index (χ1) is 11.0. The summed E-state index contributed by atoms with van der Waals surface area (Å²) in [5.74, 6) is 0.0246. The molecule has 13 heteroatoms. The van der Waals surface area contributed by atoms with E-state index >= 15 is 0 Å². The van der Waals surface area contributed by atoms with Crippen molar-refractivity contribution in [3.8, 4) is 0 Å². The molecule has 11 nitrogen and oxygen atoms in total. The van der Waals surface area contributed by atoms with Crippen molar-refractivity contribution in [2.45, 2.75) is 9.79 Å². The molecule has 0 aliphatic heterocycles. The summed E-state index contributed by atoms with van der Waals surface area (Å²) >= 11 is 0. The van der Waals surface area contributed by atoms with Crippen LogP contribution in [-0.4, -0.2) is 30.9 Å². The molecule has 0 spiro atoms. The highest BCUT2D eigenvalue weighted by molar-refractivity contribution is 7.86.